The van der Waals surface area contributed by atoms with Crippen LogP contribution < -0.4 is 0 Å². The minimum absolute atomic E-state index is 0.176. The normalized spacial score (nSPS) is 17.8. The van der Waals surface area contributed by atoms with Crippen molar-refractivity contribution in [3.05, 3.63) is 24.3 Å². The van der Waals surface area contributed by atoms with Gasteiger partial charge in [-0.05, 0) is 25.7 Å². The SMILES string of the molecule is C1CCCC(C2CCCCCCC2)CCC1.C=C(C)C(=O)O.C=C(C)C(=O)O.COC. The molecular weight excluding hydrogens is 392 g/mol. The Morgan fingerprint density at radius 3 is 0.935 bits per heavy atom. The van der Waals surface area contributed by atoms with Crippen molar-refractivity contribution < 1.29 is 24.5 Å². The molecule has 0 atom stereocenters. The van der Waals surface area contributed by atoms with Gasteiger partial charge >= 0.3 is 11.9 Å². The van der Waals surface area contributed by atoms with Crippen molar-refractivity contribution in [2.24, 2.45) is 11.8 Å². The maximum absolute atomic E-state index is 9.60. The van der Waals surface area contributed by atoms with Crippen LogP contribution >= 0.6 is 0 Å². The lowest BCUT2D eigenvalue weighted by Crippen LogP contribution is -2.17. The van der Waals surface area contributed by atoms with Crippen LogP contribution in [0.3, 0.4) is 0 Å². The maximum atomic E-state index is 9.60. The molecule has 0 bridgehead atoms. The second kappa shape index (κ2) is 21.6. The summed E-state index contributed by atoms with van der Waals surface area (Å²) in [6.45, 7) is 9.20. The van der Waals surface area contributed by atoms with Crippen LogP contribution in [-0.4, -0.2) is 36.4 Å². The van der Waals surface area contributed by atoms with E-state index in [0.29, 0.717) is 0 Å². The molecule has 2 aliphatic carbocycles. The second-order valence-corrected chi connectivity index (χ2v) is 8.79. The quantitative estimate of drug-likeness (QED) is 0.451. The number of hydrogen-bond acceptors (Lipinski definition) is 3. The van der Waals surface area contributed by atoms with E-state index in [-0.39, 0.29) is 11.1 Å². The van der Waals surface area contributed by atoms with Gasteiger partial charge in [-0.2, -0.15) is 0 Å². The zero-order valence-corrected chi connectivity index (χ0v) is 20.6. The molecule has 2 aliphatic rings. The van der Waals surface area contributed by atoms with Gasteiger partial charge in [-0.1, -0.05) is 103 Å². The standard InChI is InChI=1S/C16H30.2C4H6O2.C2H6O/c1-3-7-11-15(12-8-4-1)16-13-9-5-2-6-10-14-16;2*1-3(2)4(5)6;1-3-2/h15-16H,1-14H2;2*1H2,2H3,(H,5,6);1-2H3. The summed E-state index contributed by atoms with van der Waals surface area (Å²) in [4.78, 5) is 19.2. The Morgan fingerprint density at radius 1 is 0.613 bits per heavy atom. The number of methoxy groups -OCH3 is 1. The molecule has 0 aromatic heterocycles. The van der Waals surface area contributed by atoms with E-state index < -0.39 is 11.9 Å². The lowest BCUT2D eigenvalue weighted by molar-refractivity contribution is -0.133. The number of carboxylic acid groups (broad SMARTS) is 2. The third-order valence-corrected chi connectivity index (χ3v) is 5.70. The third-order valence-electron chi connectivity index (χ3n) is 5.70. The van der Waals surface area contributed by atoms with Gasteiger partial charge in [-0.25, -0.2) is 9.59 Å². The molecule has 0 radical (unpaired) electrons. The highest BCUT2D eigenvalue weighted by atomic mass is 16.4. The highest BCUT2D eigenvalue weighted by Crippen LogP contribution is 2.35. The Balaban J connectivity index is 0. The smallest absolute Gasteiger partial charge is 0.330 e. The monoisotopic (exact) mass is 440 g/mol. The topological polar surface area (TPSA) is 83.8 Å². The lowest BCUT2D eigenvalue weighted by atomic mass is 9.76. The van der Waals surface area contributed by atoms with Gasteiger partial charge in [0.05, 0.1) is 0 Å². The summed E-state index contributed by atoms with van der Waals surface area (Å²) >= 11 is 0. The second-order valence-electron chi connectivity index (χ2n) is 8.79. The first-order chi connectivity index (χ1) is 14.7. The van der Waals surface area contributed by atoms with Crippen LogP contribution in [-0.2, 0) is 14.3 Å². The fourth-order valence-electron chi connectivity index (χ4n) is 3.92. The summed E-state index contributed by atoms with van der Waals surface area (Å²) in [5.74, 6) is 0.349. The van der Waals surface area contributed by atoms with Crippen LogP contribution in [0.5, 0.6) is 0 Å². The summed E-state index contributed by atoms with van der Waals surface area (Å²) in [5.41, 5.74) is 0.352. The first-order valence-electron chi connectivity index (χ1n) is 11.8. The lowest BCUT2D eigenvalue weighted by Gasteiger charge is -2.30. The number of aliphatic carboxylic acids is 2. The van der Waals surface area contributed by atoms with Crippen molar-refractivity contribution in [3.63, 3.8) is 0 Å². The minimum atomic E-state index is -0.935. The molecule has 0 heterocycles. The van der Waals surface area contributed by atoms with Crippen molar-refractivity contribution in [1.82, 2.24) is 0 Å². The van der Waals surface area contributed by atoms with Gasteiger partial charge in [0.25, 0.3) is 0 Å². The summed E-state index contributed by atoms with van der Waals surface area (Å²) < 4.78 is 4.25. The highest BCUT2D eigenvalue weighted by Gasteiger charge is 2.22. The van der Waals surface area contributed by atoms with E-state index in [4.69, 9.17) is 10.2 Å². The van der Waals surface area contributed by atoms with E-state index in [2.05, 4.69) is 17.9 Å². The number of carbonyl (C=O) groups is 2. The average molecular weight is 441 g/mol. The minimum Gasteiger partial charge on any atom is -0.478 e. The number of ether oxygens (including phenoxy) is 1. The van der Waals surface area contributed by atoms with E-state index in [1.807, 2.05) is 0 Å². The summed E-state index contributed by atoms with van der Waals surface area (Å²) in [6.07, 6.45) is 21.4. The average Bonchev–Trinajstić information content (AvgIpc) is 2.63. The van der Waals surface area contributed by atoms with Crippen molar-refractivity contribution in [3.8, 4) is 0 Å². The number of rotatable bonds is 3. The summed E-state index contributed by atoms with van der Waals surface area (Å²) in [5, 5.41) is 15.8. The molecule has 182 valence electrons. The molecule has 0 saturated heterocycles. The predicted molar refractivity (Wildman–Crippen MR) is 129 cm³/mol. The maximum Gasteiger partial charge on any atom is 0.330 e. The van der Waals surface area contributed by atoms with Crippen molar-refractivity contribution in [2.45, 2.75) is 104 Å². The Morgan fingerprint density at radius 2 is 0.774 bits per heavy atom. The van der Waals surface area contributed by atoms with Crippen LogP contribution in [0.2, 0.25) is 0 Å². The van der Waals surface area contributed by atoms with Gasteiger partial charge in [-0.3, -0.25) is 0 Å². The molecule has 2 saturated carbocycles. The van der Waals surface area contributed by atoms with E-state index >= 15 is 0 Å². The van der Waals surface area contributed by atoms with Crippen LogP contribution in [0, 0.1) is 11.8 Å². The third kappa shape index (κ3) is 21.4. The van der Waals surface area contributed by atoms with Gasteiger partial charge in [0.2, 0.25) is 0 Å². The molecule has 31 heavy (non-hydrogen) atoms. The van der Waals surface area contributed by atoms with E-state index in [0.717, 1.165) is 11.8 Å². The van der Waals surface area contributed by atoms with Crippen LogP contribution in [0.4, 0.5) is 0 Å². The van der Waals surface area contributed by atoms with Crippen LogP contribution in [0.1, 0.15) is 104 Å². The molecule has 0 aromatic carbocycles. The largest absolute Gasteiger partial charge is 0.478 e. The Hall–Kier alpha value is -1.62. The summed E-state index contributed by atoms with van der Waals surface area (Å²) in [7, 11) is 3.25. The van der Waals surface area contributed by atoms with Gasteiger partial charge in [-0.15, -0.1) is 0 Å². The predicted octanol–water partition coefficient (Wildman–Crippen LogP) is 7.26. The number of carboxylic acids is 2. The van der Waals surface area contributed by atoms with Crippen molar-refractivity contribution >= 4 is 11.9 Å². The molecule has 5 heteroatoms. The van der Waals surface area contributed by atoms with Crippen molar-refractivity contribution in [2.75, 3.05) is 14.2 Å². The molecule has 2 fully saturated rings. The van der Waals surface area contributed by atoms with Crippen LogP contribution in [0.15, 0.2) is 24.3 Å². The highest BCUT2D eigenvalue weighted by molar-refractivity contribution is 5.85. The Kier molecular flexibility index (Phi) is 22.0. The van der Waals surface area contributed by atoms with E-state index in [1.54, 1.807) is 39.9 Å². The molecule has 2 rings (SSSR count). The summed E-state index contributed by atoms with van der Waals surface area (Å²) in [6, 6.07) is 0. The molecular formula is C26H48O5. The van der Waals surface area contributed by atoms with Gasteiger partial charge in [0.1, 0.15) is 0 Å². The molecule has 0 aromatic rings. The Bertz CT molecular complexity index is 414. The van der Waals surface area contributed by atoms with Gasteiger partial charge < -0.3 is 14.9 Å². The zero-order valence-electron chi connectivity index (χ0n) is 20.6. The molecule has 0 spiro atoms. The van der Waals surface area contributed by atoms with Crippen molar-refractivity contribution in [1.29, 1.82) is 0 Å². The molecule has 5 nitrogen and oxygen atoms in total. The number of hydrogen-bond donors (Lipinski definition) is 2. The first kappa shape index (κ1) is 31.6. The van der Waals surface area contributed by atoms with E-state index in [9.17, 15) is 9.59 Å². The molecule has 0 aliphatic heterocycles. The Labute approximate surface area is 191 Å². The molecule has 0 amide bonds. The van der Waals surface area contributed by atoms with Gasteiger partial charge in [0, 0.05) is 25.4 Å². The molecule has 2 N–H and O–H groups in total. The van der Waals surface area contributed by atoms with E-state index in [1.165, 1.54) is 78.1 Å². The van der Waals surface area contributed by atoms with Gasteiger partial charge in [0.15, 0.2) is 0 Å². The molecule has 0 unspecified atom stereocenters. The first-order valence-corrected chi connectivity index (χ1v) is 11.8. The fraction of sp³-hybridized carbons (Fsp3) is 0.769. The van der Waals surface area contributed by atoms with Crippen LogP contribution in [0.25, 0.3) is 0 Å². The fourth-order valence-corrected chi connectivity index (χ4v) is 3.92. The zero-order chi connectivity index (χ0) is 24.1.